The normalized spacial score (nSPS) is 11.6. The molecule has 0 aliphatic rings. The van der Waals surface area contributed by atoms with E-state index in [-0.39, 0.29) is 16.5 Å². The Morgan fingerprint density at radius 1 is 1.13 bits per heavy atom. The van der Waals surface area contributed by atoms with Crippen LogP contribution in [0.15, 0.2) is 65.8 Å². The zero-order chi connectivity index (χ0) is 22.2. The van der Waals surface area contributed by atoms with Crippen molar-refractivity contribution in [3.8, 4) is 5.69 Å². The molecule has 0 radical (unpaired) electrons. The van der Waals surface area contributed by atoms with Crippen molar-refractivity contribution >= 4 is 27.3 Å². The van der Waals surface area contributed by atoms with Crippen LogP contribution in [0.3, 0.4) is 0 Å². The monoisotopic (exact) mass is 459 g/mol. The number of aromatic nitrogens is 4. The molecule has 0 fully saturated rings. The third kappa shape index (κ3) is 4.33. The maximum absolute atomic E-state index is 13.2. The van der Waals surface area contributed by atoms with Crippen molar-refractivity contribution in [2.45, 2.75) is 25.3 Å². The van der Waals surface area contributed by atoms with E-state index in [1.54, 1.807) is 30.8 Å². The number of nitrogens with one attached hydrogen (secondary N) is 1. The van der Waals surface area contributed by atoms with Crippen molar-refractivity contribution in [3.63, 3.8) is 0 Å². The van der Waals surface area contributed by atoms with Gasteiger partial charge in [0.25, 0.3) is 10.0 Å². The number of aryl methyl sites for hydroxylation is 1. The van der Waals surface area contributed by atoms with Crippen LogP contribution in [0.5, 0.6) is 0 Å². The molecule has 1 N–H and O–H groups in total. The summed E-state index contributed by atoms with van der Waals surface area (Å²) < 4.78 is 45.1. The maximum Gasteiger partial charge on any atom is 0.265 e. The van der Waals surface area contributed by atoms with E-state index in [1.165, 1.54) is 23.0 Å². The molecule has 2 heterocycles. The lowest BCUT2D eigenvalue weighted by Crippen LogP contribution is -2.14. The van der Waals surface area contributed by atoms with Gasteiger partial charge in [0.15, 0.2) is 0 Å². The average molecular weight is 460 g/mol. The summed E-state index contributed by atoms with van der Waals surface area (Å²) in [5.41, 5.74) is 2.62. The highest BCUT2D eigenvalue weighted by atomic mass is 35.5. The average Bonchev–Trinajstić information content (AvgIpc) is 3.27. The lowest BCUT2D eigenvalue weighted by Gasteiger charge is -2.08. The van der Waals surface area contributed by atoms with Crippen LogP contribution in [0.25, 0.3) is 5.69 Å². The van der Waals surface area contributed by atoms with Gasteiger partial charge in [0.2, 0.25) is 0 Å². The van der Waals surface area contributed by atoms with E-state index < -0.39 is 15.8 Å². The second-order valence-electron chi connectivity index (χ2n) is 7.02. The van der Waals surface area contributed by atoms with Crippen LogP contribution >= 0.6 is 11.6 Å². The molecule has 4 aromatic rings. The van der Waals surface area contributed by atoms with Crippen molar-refractivity contribution in [2.75, 3.05) is 4.72 Å². The van der Waals surface area contributed by atoms with Crippen LogP contribution in [-0.4, -0.2) is 28.0 Å². The molecule has 0 spiro atoms. The second kappa shape index (κ2) is 8.16. The fourth-order valence-electron chi connectivity index (χ4n) is 3.37. The highest BCUT2D eigenvalue weighted by molar-refractivity contribution is 7.92. The van der Waals surface area contributed by atoms with Crippen LogP contribution in [-0.2, 0) is 16.6 Å². The van der Waals surface area contributed by atoms with Gasteiger partial charge in [0.1, 0.15) is 10.7 Å². The number of hydrogen-bond donors (Lipinski definition) is 1. The molecular weight excluding hydrogens is 441 g/mol. The van der Waals surface area contributed by atoms with E-state index in [2.05, 4.69) is 14.9 Å². The predicted molar refractivity (Wildman–Crippen MR) is 117 cm³/mol. The molecule has 0 saturated carbocycles. The number of nitrogens with zero attached hydrogens (tertiary/aromatic N) is 4. The van der Waals surface area contributed by atoms with Crippen molar-refractivity contribution in [3.05, 3.63) is 88.7 Å². The van der Waals surface area contributed by atoms with Gasteiger partial charge in [0, 0.05) is 11.2 Å². The van der Waals surface area contributed by atoms with Gasteiger partial charge in [-0.25, -0.2) is 17.5 Å². The van der Waals surface area contributed by atoms with Crippen molar-refractivity contribution in [1.82, 2.24) is 19.6 Å². The molecule has 0 unspecified atom stereocenters. The Labute approximate surface area is 184 Å². The van der Waals surface area contributed by atoms with Gasteiger partial charge in [-0.15, -0.1) is 0 Å². The first kappa shape index (κ1) is 21.1. The van der Waals surface area contributed by atoms with Crippen LogP contribution < -0.4 is 4.72 Å². The number of rotatable bonds is 6. The smallest absolute Gasteiger partial charge is 0.265 e. The summed E-state index contributed by atoms with van der Waals surface area (Å²) in [7, 11) is -3.90. The molecule has 2 aromatic heterocycles. The largest absolute Gasteiger partial charge is 0.276 e. The minimum absolute atomic E-state index is 0.116. The fraction of sp³-hybridized carbons (Fsp3) is 0.143. The molecule has 2 aromatic carbocycles. The van der Waals surface area contributed by atoms with Crippen LogP contribution in [0.4, 0.5) is 10.1 Å². The maximum atomic E-state index is 13.2. The first-order valence-corrected chi connectivity index (χ1v) is 11.2. The number of sulfonamides is 1. The fourth-order valence-corrected chi connectivity index (χ4v) is 5.02. The number of anilines is 1. The van der Waals surface area contributed by atoms with E-state index in [1.807, 2.05) is 30.3 Å². The summed E-state index contributed by atoms with van der Waals surface area (Å²) in [5.74, 6) is -0.426. The van der Waals surface area contributed by atoms with Gasteiger partial charge in [-0.3, -0.25) is 9.40 Å². The van der Waals surface area contributed by atoms with Crippen LogP contribution in [0.2, 0.25) is 5.02 Å². The van der Waals surface area contributed by atoms with Crippen molar-refractivity contribution in [2.24, 2.45) is 0 Å². The standard InChI is InChI=1S/C21H19ClFN5O2S/c1-14-21(15(2)28(25-14)19-6-4-3-5-7-19)31(29,30)26-18-11-24-27(13-18)12-16-8-9-17(23)10-20(16)22/h3-11,13,26H,12H2,1-2H3. The van der Waals surface area contributed by atoms with Crippen LogP contribution in [0, 0.1) is 19.7 Å². The Morgan fingerprint density at radius 3 is 2.58 bits per heavy atom. The van der Waals surface area contributed by atoms with Gasteiger partial charge < -0.3 is 0 Å². The van der Waals surface area contributed by atoms with E-state index in [0.717, 1.165) is 5.69 Å². The lowest BCUT2D eigenvalue weighted by atomic mass is 10.2. The Kier molecular flexibility index (Phi) is 5.55. The number of benzene rings is 2. The predicted octanol–water partition coefficient (Wildman–Crippen LogP) is 4.33. The van der Waals surface area contributed by atoms with Gasteiger partial charge in [-0.05, 0) is 43.7 Å². The van der Waals surface area contributed by atoms with Gasteiger partial charge in [0.05, 0.1) is 35.5 Å². The van der Waals surface area contributed by atoms with Gasteiger partial charge in [-0.2, -0.15) is 10.2 Å². The summed E-state index contributed by atoms with van der Waals surface area (Å²) in [4.78, 5) is 0.116. The molecule has 0 aliphatic carbocycles. The summed E-state index contributed by atoms with van der Waals surface area (Å²) >= 11 is 6.06. The second-order valence-corrected chi connectivity index (χ2v) is 9.04. The Bertz CT molecular complexity index is 1350. The molecular formula is C21H19ClFN5O2S. The summed E-state index contributed by atoms with van der Waals surface area (Å²) in [6, 6.07) is 13.4. The highest BCUT2D eigenvalue weighted by Gasteiger charge is 2.25. The molecule has 31 heavy (non-hydrogen) atoms. The summed E-state index contributed by atoms with van der Waals surface area (Å²) in [6.45, 7) is 3.63. The Hall–Kier alpha value is -3.17. The number of para-hydroxylation sites is 1. The minimum atomic E-state index is -3.90. The lowest BCUT2D eigenvalue weighted by molar-refractivity contribution is 0.600. The quantitative estimate of drug-likeness (QED) is 0.465. The highest BCUT2D eigenvalue weighted by Crippen LogP contribution is 2.25. The zero-order valence-corrected chi connectivity index (χ0v) is 18.3. The molecule has 0 atom stereocenters. The number of hydrogen-bond acceptors (Lipinski definition) is 4. The topological polar surface area (TPSA) is 81.8 Å². The SMILES string of the molecule is Cc1nn(-c2ccccc2)c(C)c1S(=O)(=O)Nc1cnn(Cc2ccc(F)cc2Cl)c1. The molecule has 0 aliphatic heterocycles. The molecule has 0 saturated heterocycles. The van der Waals surface area contributed by atoms with Gasteiger partial charge in [-0.1, -0.05) is 35.9 Å². The third-order valence-electron chi connectivity index (χ3n) is 4.73. The molecule has 0 bridgehead atoms. The van der Waals surface area contributed by atoms with Crippen molar-refractivity contribution in [1.29, 1.82) is 0 Å². The van der Waals surface area contributed by atoms with Crippen molar-refractivity contribution < 1.29 is 12.8 Å². The van der Waals surface area contributed by atoms with E-state index >= 15 is 0 Å². The molecule has 0 amide bonds. The summed E-state index contributed by atoms with van der Waals surface area (Å²) in [5, 5.41) is 8.84. The van der Waals surface area contributed by atoms with E-state index in [9.17, 15) is 12.8 Å². The summed E-state index contributed by atoms with van der Waals surface area (Å²) in [6.07, 6.45) is 2.95. The van der Waals surface area contributed by atoms with E-state index in [4.69, 9.17) is 11.6 Å². The zero-order valence-electron chi connectivity index (χ0n) is 16.8. The molecule has 10 heteroatoms. The number of halogens is 2. The molecule has 4 rings (SSSR count). The Balaban J connectivity index is 1.58. The molecule has 7 nitrogen and oxygen atoms in total. The van der Waals surface area contributed by atoms with Crippen LogP contribution in [0.1, 0.15) is 17.0 Å². The third-order valence-corrected chi connectivity index (χ3v) is 6.71. The minimum Gasteiger partial charge on any atom is -0.276 e. The first-order chi connectivity index (χ1) is 14.7. The van der Waals surface area contributed by atoms with E-state index in [0.29, 0.717) is 22.6 Å². The van der Waals surface area contributed by atoms with Gasteiger partial charge >= 0.3 is 0 Å². The first-order valence-electron chi connectivity index (χ1n) is 9.35. The Morgan fingerprint density at radius 2 is 1.87 bits per heavy atom. The molecule has 160 valence electrons.